The molecule has 0 radical (unpaired) electrons. The van der Waals surface area contributed by atoms with Crippen LogP contribution in [0.15, 0.2) is 24.3 Å². The highest BCUT2D eigenvalue weighted by Crippen LogP contribution is 2.69. The molecule has 6 heteroatoms. The molecule has 0 unspecified atom stereocenters. The number of phenolic OH excluding ortho intramolecular Hbond substituents is 1. The summed E-state index contributed by atoms with van der Waals surface area (Å²) in [6, 6.07) is 8.14. The first kappa shape index (κ1) is 19.9. The van der Waals surface area contributed by atoms with Crippen LogP contribution in [0.25, 0.3) is 10.9 Å². The maximum atomic E-state index is 13.0. The fourth-order valence-electron chi connectivity index (χ4n) is 8.88. The minimum atomic E-state index is -0.962. The first-order valence-corrected chi connectivity index (χ1v) is 13.7. The highest BCUT2D eigenvalue weighted by Gasteiger charge is 2.73. The molecule has 2 fully saturated rings. The number of nitrogens with zero attached hydrogens (tertiary/aromatic N) is 2. The number of aryl methyl sites for hydroxylation is 2. The molecule has 3 aliphatic heterocycles. The van der Waals surface area contributed by atoms with Crippen molar-refractivity contribution >= 4 is 22.5 Å². The molecule has 2 N–H and O–H groups in total. The van der Waals surface area contributed by atoms with Crippen molar-refractivity contribution in [3.05, 3.63) is 57.2 Å². The second-order valence-electron chi connectivity index (χ2n) is 12.0. The van der Waals surface area contributed by atoms with E-state index in [0.29, 0.717) is 12.2 Å². The zero-order valence-electron chi connectivity index (χ0n) is 19.7. The van der Waals surface area contributed by atoms with Crippen molar-refractivity contribution in [2.75, 3.05) is 13.1 Å². The molecule has 3 aliphatic carbocycles. The van der Waals surface area contributed by atoms with Crippen molar-refractivity contribution in [3.8, 4) is 11.5 Å². The summed E-state index contributed by atoms with van der Waals surface area (Å²) in [6.45, 7) is 2.99. The second kappa shape index (κ2) is 6.19. The average molecular weight is 489 g/mol. The van der Waals surface area contributed by atoms with Crippen molar-refractivity contribution < 1.29 is 14.9 Å². The van der Waals surface area contributed by atoms with E-state index >= 15 is 0 Å². The summed E-state index contributed by atoms with van der Waals surface area (Å²) >= 11 is 6.90. The molecule has 1 saturated heterocycles. The second-order valence-corrected chi connectivity index (χ2v) is 12.4. The SMILES string of the molecule is Oc1ccc2c3c1O[C@H]1c4c(c5c(Cl)ccc6c5n4CCC6)C[C@@]4(O)[C@@H](C2)N(CC2CC2)CC[C@]314. The van der Waals surface area contributed by atoms with E-state index in [1.807, 2.05) is 6.07 Å². The lowest BCUT2D eigenvalue weighted by molar-refractivity contribution is -0.173. The molecule has 4 heterocycles. The Bertz CT molecular complexity index is 1470. The molecule has 1 saturated carbocycles. The van der Waals surface area contributed by atoms with Gasteiger partial charge in [-0.15, -0.1) is 0 Å². The highest BCUT2D eigenvalue weighted by molar-refractivity contribution is 6.36. The summed E-state index contributed by atoms with van der Waals surface area (Å²) in [7, 11) is 0. The van der Waals surface area contributed by atoms with Gasteiger partial charge in [0.15, 0.2) is 17.6 Å². The molecular formula is C29H29ClN2O3. The Hall–Kier alpha value is -2.21. The molecule has 6 aliphatic rings. The number of halogens is 1. The highest BCUT2D eigenvalue weighted by atomic mass is 35.5. The van der Waals surface area contributed by atoms with Gasteiger partial charge in [-0.05, 0) is 79.8 Å². The van der Waals surface area contributed by atoms with Crippen LogP contribution in [0.3, 0.4) is 0 Å². The lowest BCUT2D eigenvalue weighted by Gasteiger charge is -2.63. The fraction of sp³-hybridized carbons (Fsp3) is 0.517. The van der Waals surface area contributed by atoms with Gasteiger partial charge in [-0.3, -0.25) is 4.90 Å². The van der Waals surface area contributed by atoms with Crippen molar-refractivity contribution in [3.63, 3.8) is 0 Å². The van der Waals surface area contributed by atoms with Crippen molar-refractivity contribution in [2.45, 2.75) is 74.7 Å². The van der Waals surface area contributed by atoms with E-state index in [0.717, 1.165) is 67.2 Å². The first-order chi connectivity index (χ1) is 17.0. The van der Waals surface area contributed by atoms with Gasteiger partial charge in [0.05, 0.1) is 27.2 Å². The van der Waals surface area contributed by atoms with E-state index in [2.05, 4.69) is 21.6 Å². The quantitative estimate of drug-likeness (QED) is 0.551. The predicted molar refractivity (Wildman–Crippen MR) is 133 cm³/mol. The van der Waals surface area contributed by atoms with E-state index in [4.69, 9.17) is 16.3 Å². The molecule has 1 aromatic heterocycles. The van der Waals surface area contributed by atoms with E-state index < -0.39 is 11.0 Å². The standard InChI is InChI=1S/C29H29ClN2O3/c30-19-7-5-16-2-1-10-32-24(16)22(19)18-13-29(34)21-12-17-6-8-20(33)26-23(17)28(29,27(35-26)25(18)32)9-11-31(21)14-15-3-4-15/h5-8,15,21,27,33-34H,1-4,9-14H2/t21-,27+,28+,29-/m1/s1. The maximum absolute atomic E-state index is 13.0. The van der Waals surface area contributed by atoms with Gasteiger partial charge >= 0.3 is 0 Å². The number of aromatic hydroxyl groups is 1. The summed E-state index contributed by atoms with van der Waals surface area (Å²) in [5, 5.41) is 25.8. The van der Waals surface area contributed by atoms with E-state index in [-0.39, 0.29) is 17.9 Å². The number of ether oxygens (including phenoxy) is 1. The Morgan fingerprint density at radius 3 is 2.83 bits per heavy atom. The molecule has 9 rings (SSSR count). The first-order valence-electron chi connectivity index (χ1n) is 13.3. The minimum Gasteiger partial charge on any atom is -0.504 e. The van der Waals surface area contributed by atoms with Crippen LogP contribution >= 0.6 is 11.6 Å². The van der Waals surface area contributed by atoms with Crippen molar-refractivity contribution in [1.82, 2.24) is 9.47 Å². The number of phenols is 1. The largest absolute Gasteiger partial charge is 0.504 e. The van der Waals surface area contributed by atoms with Gasteiger partial charge in [-0.25, -0.2) is 0 Å². The third-order valence-corrected chi connectivity index (χ3v) is 10.7. The monoisotopic (exact) mass is 488 g/mol. The number of piperidine rings is 1. The van der Waals surface area contributed by atoms with Gasteiger partial charge in [0.1, 0.15) is 0 Å². The molecule has 35 heavy (non-hydrogen) atoms. The van der Waals surface area contributed by atoms with Crippen LogP contribution in [0, 0.1) is 5.92 Å². The van der Waals surface area contributed by atoms with Crippen molar-refractivity contribution in [2.24, 2.45) is 5.92 Å². The lowest BCUT2D eigenvalue weighted by atomic mass is 9.49. The number of hydrogen-bond acceptors (Lipinski definition) is 4. The van der Waals surface area contributed by atoms with Gasteiger partial charge in [0.25, 0.3) is 0 Å². The number of aliphatic hydroxyl groups is 1. The Morgan fingerprint density at radius 1 is 1.11 bits per heavy atom. The molecule has 2 aromatic carbocycles. The molecule has 3 aromatic rings. The summed E-state index contributed by atoms with van der Waals surface area (Å²) in [4.78, 5) is 2.59. The number of rotatable bonds is 2. The van der Waals surface area contributed by atoms with E-state index in [9.17, 15) is 10.2 Å². The zero-order valence-corrected chi connectivity index (χ0v) is 20.4. The third-order valence-electron chi connectivity index (χ3n) is 10.4. The summed E-state index contributed by atoms with van der Waals surface area (Å²) < 4.78 is 9.27. The maximum Gasteiger partial charge on any atom is 0.166 e. The number of likely N-dealkylation sites (tertiary alicyclic amines) is 1. The van der Waals surface area contributed by atoms with Gasteiger partial charge in [0.2, 0.25) is 0 Å². The van der Waals surface area contributed by atoms with Crippen LogP contribution in [-0.4, -0.2) is 44.4 Å². The Labute approximate surface area is 209 Å². The lowest BCUT2D eigenvalue weighted by Crippen LogP contribution is -2.74. The minimum absolute atomic E-state index is 0.0459. The number of fused-ring (bicyclic) bond motifs is 4. The predicted octanol–water partition coefficient (Wildman–Crippen LogP) is 4.65. The zero-order chi connectivity index (χ0) is 23.3. The molecule has 0 amide bonds. The average Bonchev–Trinajstić information content (AvgIpc) is 3.50. The molecule has 180 valence electrons. The van der Waals surface area contributed by atoms with Crippen LogP contribution in [0.2, 0.25) is 5.02 Å². The number of aromatic nitrogens is 1. The van der Waals surface area contributed by atoms with Crippen LogP contribution < -0.4 is 4.74 Å². The van der Waals surface area contributed by atoms with Crippen LogP contribution in [-0.2, 0) is 31.2 Å². The number of benzene rings is 2. The Balaban J connectivity index is 1.37. The molecular weight excluding hydrogens is 460 g/mol. The number of hydrogen-bond donors (Lipinski definition) is 2. The summed E-state index contributed by atoms with van der Waals surface area (Å²) in [5.74, 6) is 1.57. The van der Waals surface area contributed by atoms with E-state index in [1.165, 1.54) is 40.7 Å². The third kappa shape index (κ3) is 2.14. The van der Waals surface area contributed by atoms with Crippen LogP contribution in [0.1, 0.15) is 59.7 Å². The topological polar surface area (TPSA) is 57.9 Å². The molecule has 1 spiro atoms. The van der Waals surface area contributed by atoms with Gasteiger partial charge in [-0.1, -0.05) is 23.7 Å². The van der Waals surface area contributed by atoms with Gasteiger partial charge < -0.3 is 19.5 Å². The Kier molecular flexibility index (Phi) is 3.52. The summed E-state index contributed by atoms with van der Waals surface area (Å²) in [6.07, 6.45) is 6.70. The van der Waals surface area contributed by atoms with Crippen LogP contribution in [0.5, 0.6) is 11.5 Å². The summed E-state index contributed by atoms with van der Waals surface area (Å²) in [5.41, 5.74) is 5.77. The van der Waals surface area contributed by atoms with E-state index in [1.54, 1.807) is 6.07 Å². The van der Waals surface area contributed by atoms with Crippen LogP contribution in [0.4, 0.5) is 0 Å². The molecule has 5 nitrogen and oxygen atoms in total. The molecule has 2 bridgehead atoms. The fourth-order valence-corrected chi connectivity index (χ4v) is 9.15. The van der Waals surface area contributed by atoms with Gasteiger partial charge in [0, 0.05) is 36.5 Å². The molecule has 4 atom stereocenters. The van der Waals surface area contributed by atoms with Crippen molar-refractivity contribution in [1.29, 1.82) is 0 Å². The Morgan fingerprint density at radius 2 is 1.97 bits per heavy atom. The normalized spacial score (nSPS) is 34.0. The van der Waals surface area contributed by atoms with Gasteiger partial charge in [-0.2, -0.15) is 0 Å². The smallest absolute Gasteiger partial charge is 0.166 e.